The van der Waals surface area contributed by atoms with Crippen molar-refractivity contribution in [2.45, 2.75) is 13.2 Å². The molecule has 0 aliphatic rings. The number of halogens is 2. The molecule has 0 saturated carbocycles. The molecule has 0 fully saturated rings. The van der Waals surface area contributed by atoms with Gasteiger partial charge in [0.15, 0.2) is 0 Å². The number of urea groups is 1. The molecule has 2 rings (SSSR count). The van der Waals surface area contributed by atoms with E-state index in [1.54, 1.807) is 33.4 Å². The van der Waals surface area contributed by atoms with E-state index in [9.17, 15) is 13.6 Å². The fourth-order valence-corrected chi connectivity index (χ4v) is 2.25. The summed E-state index contributed by atoms with van der Waals surface area (Å²) >= 11 is 0. The number of nitrogens with zero attached hydrogens (tertiary/aromatic N) is 1. The molecule has 0 saturated heterocycles. The number of amides is 2. The van der Waals surface area contributed by atoms with Crippen molar-refractivity contribution in [3.63, 3.8) is 0 Å². The summed E-state index contributed by atoms with van der Waals surface area (Å²) in [7, 11) is 4.74. The van der Waals surface area contributed by atoms with E-state index >= 15 is 0 Å². The summed E-state index contributed by atoms with van der Waals surface area (Å²) in [5.41, 5.74) is 1.27. The Balaban J connectivity index is 1.99. The Kier molecular flexibility index (Phi) is 6.60. The molecule has 1 N–H and O–H groups in total. The zero-order valence-electron chi connectivity index (χ0n) is 14.7. The van der Waals surface area contributed by atoms with Crippen LogP contribution in [0.2, 0.25) is 0 Å². The van der Waals surface area contributed by atoms with Crippen LogP contribution in [0.25, 0.3) is 0 Å². The molecular formula is C18H20F2N2O4. The van der Waals surface area contributed by atoms with Gasteiger partial charge in [-0.3, -0.25) is 0 Å². The third kappa shape index (κ3) is 5.23. The number of anilines is 1. The molecule has 0 atom stereocenters. The van der Waals surface area contributed by atoms with Gasteiger partial charge in [-0.2, -0.15) is 8.78 Å². The minimum Gasteiger partial charge on any atom is -0.497 e. The monoisotopic (exact) mass is 366 g/mol. The number of benzene rings is 2. The molecule has 0 bridgehead atoms. The van der Waals surface area contributed by atoms with Crippen LogP contribution in [0.1, 0.15) is 5.56 Å². The normalized spacial score (nSPS) is 10.4. The van der Waals surface area contributed by atoms with E-state index in [4.69, 9.17) is 9.47 Å². The Morgan fingerprint density at radius 1 is 1.08 bits per heavy atom. The molecule has 2 aromatic rings. The van der Waals surface area contributed by atoms with Gasteiger partial charge in [-0.1, -0.05) is 0 Å². The molecule has 2 aromatic carbocycles. The lowest BCUT2D eigenvalue weighted by molar-refractivity contribution is -0.0498. The number of methoxy groups -OCH3 is 2. The van der Waals surface area contributed by atoms with Gasteiger partial charge in [-0.25, -0.2) is 4.79 Å². The summed E-state index contributed by atoms with van der Waals surface area (Å²) in [6, 6.07) is 10.7. The van der Waals surface area contributed by atoms with Crippen LogP contribution in [0.3, 0.4) is 0 Å². The second kappa shape index (κ2) is 8.89. The van der Waals surface area contributed by atoms with Crippen LogP contribution in [0.5, 0.6) is 17.2 Å². The number of carbonyl (C=O) groups excluding carboxylic acids is 1. The lowest BCUT2D eigenvalue weighted by Gasteiger charge is -2.20. The highest BCUT2D eigenvalue weighted by atomic mass is 19.3. The number of nitrogens with one attached hydrogen (secondary N) is 1. The molecule has 2 amide bonds. The number of alkyl halides is 2. The molecule has 0 unspecified atom stereocenters. The molecule has 8 heteroatoms. The van der Waals surface area contributed by atoms with E-state index in [0.29, 0.717) is 23.7 Å². The number of carbonyl (C=O) groups is 1. The van der Waals surface area contributed by atoms with Crippen LogP contribution in [0, 0.1) is 0 Å². The third-order valence-electron chi connectivity index (χ3n) is 3.58. The van der Waals surface area contributed by atoms with Crippen molar-refractivity contribution in [1.82, 2.24) is 4.90 Å². The first-order chi connectivity index (χ1) is 12.4. The van der Waals surface area contributed by atoms with Gasteiger partial charge in [0.25, 0.3) is 0 Å². The van der Waals surface area contributed by atoms with Crippen LogP contribution in [-0.2, 0) is 6.54 Å². The van der Waals surface area contributed by atoms with E-state index in [-0.39, 0.29) is 11.8 Å². The van der Waals surface area contributed by atoms with Gasteiger partial charge >= 0.3 is 12.6 Å². The van der Waals surface area contributed by atoms with Crippen molar-refractivity contribution in [2.75, 3.05) is 26.6 Å². The van der Waals surface area contributed by atoms with Gasteiger partial charge in [0.1, 0.15) is 17.2 Å². The quantitative estimate of drug-likeness (QED) is 0.806. The van der Waals surface area contributed by atoms with Crippen molar-refractivity contribution < 1.29 is 27.8 Å². The molecule has 140 valence electrons. The average Bonchev–Trinajstić information content (AvgIpc) is 2.63. The molecule has 0 radical (unpaired) electrons. The van der Waals surface area contributed by atoms with Gasteiger partial charge in [0.2, 0.25) is 0 Å². The Morgan fingerprint density at radius 2 is 1.73 bits per heavy atom. The lowest BCUT2D eigenvalue weighted by atomic mass is 10.2. The smallest absolute Gasteiger partial charge is 0.387 e. The highest BCUT2D eigenvalue weighted by Crippen LogP contribution is 2.25. The molecule has 6 nitrogen and oxygen atoms in total. The van der Waals surface area contributed by atoms with Gasteiger partial charge < -0.3 is 24.4 Å². The molecule has 0 spiro atoms. The summed E-state index contributed by atoms with van der Waals surface area (Å²) in [6.07, 6.45) is 0. The third-order valence-corrected chi connectivity index (χ3v) is 3.58. The SMILES string of the molecule is COc1ccc(CN(C)C(=O)Nc2ccc(OC(F)F)cc2)c(OC)c1. The first-order valence-corrected chi connectivity index (χ1v) is 7.71. The second-order valence-corrected chi connectivity index (χ2v) is 5.37. The van der Waals surface area contributed by atoms with E-state index in [1.165, 1.54) is 29.2 Å². The maximum atomic E-state index is 12.3. The van der Waals surface area contributed by atoms with E-state index in [0.717, 1.165) is 5.56 Å². The summed E-state index contributed by atoms with van der Waals surface area (Å²) in [6.45, 7) is -2.58. The van der Waals surface area contributed by atoms with Gasteiger partial charge in [-0.15, -0.1) is 0 Å². The highest BCUT2D eigenvalue weighted by Gasteiger charge is 2.13. The zero-order chi connectivity index (χ0) is 19.1. The minimum atomic E-state index is -2.89. The van der Waals surface area contributed by atoms with Crippen molar-refractivity contribution >= 4 is 11.7 Å². The fraction of sp³-hybridized carbons (Fsp3) is 0.278. The molecule has 0 aliphatic heterocycles. The molecule has 0 aliphatic carbocycles. The van der Waals surface area contributed by atoms with Crippen molar-refractivity contribution in [2.24, 2.45) is 0 Å². The van der Waals surface area contributed by atoms with Crippen molar-refractivity contribution in [3.8, 4) is 17.2 Å². The highest BCUT2D eigenvalue weighted by molar-refractivity contribution is 5.89. The summed E-state index contributed by atoms with van der Waals surface area (Å²) in [4.78, 5) is 13.8. The summed E-state index contributed by atoms with van der Waals surface area (Å²) in [5, 5.41) is 2.68. The zero-order valence-corrected chi connectivity index (χ0v) is 14.7. The Hall–Kier alpha value is -3.03. The predicted octanol–water partition coefficient (Wildman–Crippen LogP) is 3.97. The van der Waals surface area contributed by atoms with Crippen LogP contribution >= 0.6 is 0 Å². The van der Waals surface area contributed by atoms with Gasteiger partial charge in [0, 0.05) is 24.4 Å². The lowest BCUT2D eigenvalue weighted by Crippen LogP contribution is -2.30. The number of ether oxygens (including phenoxy) is 3. The van der Waals surface area contributed by atoms with Gasteiger partial charge in [-0.05, 0) is 36.4 Å². The van der Waals surface area contributed by atoms with Crippen molar-refractivity contribution in [1.29, 1.82) is 0 Å². The first kappa shape index (κ1) is 19.3. The minimum absolute atomic E-state index is 0.0225. The maximum Gasteiger partial charge on any atom is 0.387 e. The largest absolute Gasteiger partial charge is 0.497 e. The predicted molar refractivity (Wildman–Crippen MR) is 93.1 cm³/mol. The van der Waals surface area contributed by atoms with E-state index < -0.39 is 6.61 Å². The van der Waals surface area contributed by atoms with Crippen LogP contribution < -0.4 is 19.5 Å². The molecule has 26 heavy (non-hydrogen) atoms. The van der Waals surface area contributed by atoms with Crippen LogP contribution in [0.4, 0.5) is 19.3 Å². The Morgan fingerprint density at radius 3 is 2.31 bits per heavy atom. The standard InChI is InChI=1S/C18H20F2N2O4/c1-22(11-12-4-7-15(24-2)10-16(12)25-3)18(23)21-13-5-8-14(9-6-13)26-17(19)20/h4-10,17H,11H2,1-3H3,(H,21,23). The molecule has 0 heterocycles. The molecule has 0 aromatic heterocycles. The average molecular weight is 366 g/mol. The maximum absolute atomic E-state index is 12.3. The second-order valence-electron chi connectivity index (χ2n) is 5.37. The first-order valence-electron chi connectivity index (χ1n) is 7.71. The Labute approximate surface area is 150 Å². The molecular weight excluding hydrogens is 346 g/mol. The summed E-state index contributed by atoms with van der Waals surface area (Å²) < 4.78 is 39.0. The number of hydrogen-bond acceptors (Lipinski definition) is 4. The topological polar surface area (TPSA) is 60.0 Å². The Bertz CT molecular complexity index is 738. The van der Waals surface area contributed by atoms with Gasteiger partial charge in [0.05, 0.1) is 20.8 Å². The summed E-state index contributed by atoms with van der Waals surface area (Å²) in [5.74, 6) is 1.29. The van der Waals surface area contributed by atoms with E-state index in [1.807, 2.05) is 6.07 Å². The fourth-order valence-electron chi connectivity index (χ4n) is 2.25. The van der Waals surface area contributed by atoms with Crippen LogP contribution in [-0.4, -0.2) is 38.8 Å². The van der Waals surface area contributed by atoms with E-state index in [2.05, 4.69) is 10.1 Å². The van der Waals surface area contributed by atoms with Crippen LogP contribution in [0.15, 0.2) is 42.5 Å². The number of hydrogen-bond donors (Lipinski definition) is 1. The van der Waals surface area contributed by atoms with Crippen molar-refractivity contribution in [3.05, 3.63) is 48.0 Å². The number of rotatable bonds is 7.